The van der Waals surface area contributed by atoms with Crippen LogP contribution in [0.4, 0.5) is 14.5 Å². The van der Waals surface area contributed by atoms with Gasteiger partial charge >= 0.3 is 0 Å². The van der Waals surface area contributed by atoms with E-state index in [-0.39, 0.29) is 11.5 Å². The van der Waals surface area contributed by atoms with Crippen LogP contribution >= 0.6 is 11.8 Å². The van der Waals surface area contributed by atoms with Crippen molar-refractivity contribution in [2.24, 2.45) is 0 Å². The van der Waals surface area contributed by atoms with Crippen LogP contribution < -0.4 is 5.73 Å². The maximum Gasteiger partial charge on any atom is 0.146 e. The summed E-state index contributed by atoms with van der Waals surface area (Å²) in [4.78, 5) is 0.826. The molecule has 1 nitrogen and oxygen atoms in total. The molecule has 0 bridgehead atoms. The Hall–Kier alpha value is -1.55. The predicted octanol–water partition coefficient (Wildman–Crippen LogP) is 3.84. The molecule has 4 heteroatoms. The van der Waals surface area contributed by atoms with E-state index >= 15 is 0 Å². The maximum atomic E-state index is 13.3. The molecule has 0 saturated heterocycles. The lowest BCUT2D eigenvalue weighted by atomic mass is 10.2. The fourth-order valence-corrected chi connectivity index (χ4v) is 2.32. The summed E-state index contributed by atoms with van der Waals surface area (Å²) in [6.45, 7) is 0. The second-order valence-electron chi connectivity index (χ2n) is 3.56. The topological polar surface area (TPSA) is 26.0 Å². The predicted molar refractivity (Wildman–Crippen MR) is 66.8 cm³/mol. The van der Waals surface area contributed by atoms with Crippen LogP contribution in [0, 0.1) is 11.6 Å². The molecule has 2 rings (SSSR count). The van der Waals surface area contributed by atoms with Crippen molar-refractivity contribution < 1.29 is 8.78 Å². The summed E-state index contributed by atoms with van der Waals surface area (Å²) in [7, 11) is 0. The Morgan fingerprint density at radius 2 is 1.76 bits per heavy atom. The van der Waals surface area contributed by atoms with Gasteiger partial charge in [0.1, 0.15) is 11.6 Å². The van der Waals surface area contributed by atoms with Crippen molar-refractivity contribution >= 4 is 17.4 Å². The lowest BCUT2D eigenvalue weighted by Gasteiger charge is -2.04. The van der Waals surface area contributed by atoms with Gasteiger partial charge in [0.25, 0.3) is 0 Å². The fourth-order valence-electron chi connectivity index (χ4n) is 1.39. The van der Waals surface area contributed by atoms with E-state index in [1.165, 1.54) is 23.9 Å². The van der Waals surface area contributed by atoms with E-state index in [1.54, 1.807) is 30.3 Å². The number of benzene rings is 2. The van der Waals surface area contributed by atoms with Gasteiger partial charge < -0.3 is 5.73 Å². The highest BCUT2D eigenvalue weighted by molar-refractivity contribution is 7.98. The Morgan fingerprint density at radius 3 is 2.47 bits per heavy atom. The molecule has 0 spiro atoms. The SMILES string of the molecule is Nc1cc(SCc2ccccc2F)ccc1F. The van der Waals surface area contributed by atoms with E-state index < -0.39 is 5.82 Å². The van der Waals surface area contributed by atoms with Crippen LogP contribution in [0.25, 0.3) is 0 Å². The zero-order valence-corrected chi connectivity index (χ0v) is 9.81. The minimum atomic E-state index is -0.430. The number of nitrogens with two attached hydrogens (primary N) is 1. The number of nitrogen functional groups attached to an aromatic ring is 1. The monoisotopic (exact) mass is 251 g/mol. The van der Waals surface area contributed by atoms with Crippen molar-refractivity contribution in [3.63, 3.8) is 0 Å². The van der Waals surface area contributed by atoms with Crippen LogP contribution in [0.2, 0.25) is 0 Å². The number of halogens is 2. The van der Waals surface area contributed by atoms with Gasteiger partial charge in [-0.05, 0) is 29.8 Å². The Morgan fingerprint density at radius 1 is 1.00 bits per heavy atom. The van der Waals surface area contributed by atoms with Crippen molar-refractivity contribution in [2.75, 3.05) is 5.73 Å². The highest BCUT2D eigenvalue weighted by atomic mass is 32.2. The van der Waals surface area contributed by atoms with Gasteiger partial charge in [0, 0.05) is 10.6 Å². The molecule has 0 heterocycles. The molecule has 2 aromatic rings. The number of rotatable bonds is 3. The van der Waals surface area contributed by atoms with Crippen LogP contribution in [0.15, 0.2) is 47.4 Å². The van der Waals surface area contributed by atoms with Gasteiger partial charge in [0.15, 0.2) is 0 Å². The number of hydrogen-bond acceptors (Lipinski definition) is 2. The molecule has 2 N–H and O–H groups in total. The molecule has 0 saturated carbocycles. The molecule has 0 aromatic heterocycles. The third kappa shape index (κ3) is 2.97. The summed E-state index contributed by atoms with van der Waals surface area (Å²) >= 11 is 1.42. The molecule has 2 aromatic carbocycles. The summed E-state index contributed by atoms with van der Waals surface area (Å²) in [5, 5.41) is 0. The molecule has 88 valence electrons. The van der Waals surface area contributed by atoms with Crippen LogP contribution in [-0.4, -0.2) is 0 Å². The van der Waals surface area contributed by atoms with Gasteiger partial charge in [-0.3, -0.25) is 0 Å². The maximum absolute atomic E-state index is 13.3. The smallest absolute Gasteiger partial charge is 0.146 e. The van der Waals surface area contributed by atoms with Gasteiger partial charge in [-0.1, -0.05) is 18.2 Å². The zero-order chi connectivity index (χ0) is 12.3. The molecule has 0 amide bonds. The first-order valence-electron chi connectivity index (χ1n) is 5.08. The van der Waals surface area contributed by atoms with Gasteiger partial charge in [-0.25, -0.2) is 8.78 Å². The summed E-state index contributed by atoms with van der Waals surface area (Å²) in [6.07, 6.45) is 0. The number of hydrogen-bond donors (Lipinski definition) is 1. The van der Waals surface area contributed by atoms with Crippen molar-refractivity contribution in [2.45, 2.75) is 10.6 Å². The molecule has 0 aliphatic carbocycles. The van der Waals surface area contributed by atoms with Gasteiger partial charge in [-0.2, -0.15) is 0 Å². The molecular formula is C13H11F2NS. The summed E-state index contributed by atoms with van der Waals surface area (Å²) in [6, 6.07) is 11.1. The van der Waals surface area contributed by atoms with Gasteiger partial charge in [0.2, 0.25) is 0 Å². The van der Waals surface area contributed by atoms with Crippen LogP contribution in [0.3, 0.4) is 0 Å². The fraction of sp³-hybridized carbons (Fsp3) is 0.0769. The quantitative estimate of drug-likeness (QED) is 0.662. The molecule has 0 fully saturated rings. The van der Waals surface area contributed by atoms with Crippen LogP contribution in [0.5, 0.6) is 0 Å². The first-order valence-corrected chi connectivity index (χ1v) is 6.06. The Labute approximate surface area is 103 Å². The highest BCUT2D eigenvalue weighted by Crippen LogP contribution is 2.26. The van der Waals surface area contributed by atoms with Crippen molar-refractivity contribution in [1.82, 2.24) is 0 Å². The third-order valence-corrected chi connectivity index (χ3v) is 3.36. The van der Waals surface area contributed by atoms with Crippen molar-refractivity contribution in [1.29, 1.82) is 0 Å². The second kappa shape index (κ2) is 5.19. The summed E-state index contributed by atoms with van der Waals surface area (Å²) in [5.74, 6) is -0.159. The Kier molecular flexibility index (Phi) is 3.64. The lowest BCUT2D eigenvalue weighted by Crippen LogP contribution is -1.91. The molecule has 17 heavy (non-hydrogen) atoms. The second-order valence-corrected chi connectivity index (χ2v) is 4.61. The molecule has 0 unspecified atom stereocenters. The van der Waals surface area contributed by atoms with E-state index in [2.05, 4.69) is 0 Å². The standard InChI is InChI=1S/C13H11F2NS/c14-11-4-2-1-3-9(11)8-17-10-5-6-12(15)13(16)7-10/h1-7H,8,16H2. The van der Waals surface area contributed by atoms with Crippen molar-refractivity contribution in [3.8, 4) is 0 Å². The largest absolute Gasteiger partial charge is 0.396 e. The first kappa shape index (κ1) is 11.9. The van der Waals surface area contributed by atoms with Gasteiger partial charge in [-0.15, -0.1) is 11.8 Å². The first-order chi connectivity index (χ1) is 8.16. The van der Waals surface area contributed by atoms with E-state index in [0.717, 1.165) is 4.90 Å². The molecule has 0 aliphatic heterocycles. The minimum absolute atomic E-state index is 0.114. The average molecular weight is 251 g/mol. The van der Waals surface area contributed by atoms with E-state index in [4.69, 9.17) is 5.73 Å². The normalized spacial score (nSPS) is 10.5. The average Bonchev–Trinajstić information content (AvgIpc) is 2.32. The molecule has 0 aliphatic rings. The zero-order valence-electron chi connectivity index (χ0n) is 8.99. The summed E-state index contributed by atoms with van der Waals surface area (Å²) < 4.78 is 26.3. The van der Waals surface area contributed by atoms with E-state index in [1.807, 2.05) is 0 Å². The molecular weight excluding hydrogens is 240 g/mol. The number of thioether (sulfide) groups is 1. The minimum Gasteiger partial charge on any atom is -0.396 e. The third-order valence-electron chi connectivity index (χ3n) is 2.32. The van der Waals surface area contributed by atoms with Crippen LogP contribution in [0.1, 0.15) is 5.56 Å². The van der Waals surface area contributed by atoms with Crippen molar-refractivity contribution in [3.05, 3.63) is 59.7 Å². The van der Waals surface area contributed by atoms with Gasteiger partial charge in [0.05, 0.1) is 5.69 Å². The molecule has 0 radical (unpaired) electrons. The van der Waals surface area contributed by atoms with Crippen LogP contribution in [-0.2, 0) is 5.75 Å². The summed E-state index contributed by atoms with van der Waals surface area (Å²) in [5.41, 5.74) is 6.20. The van der Waals surface area contributed by atoms with E-state index in [9.17, 15) is 8.78 Å². The lowest BCUT2D eigenvalue weighted by molar-refractivity contribution is 0.617. The molecule has 0 atom stereocenters. The highest BCUT2D eigenvalue weighted by Gasteiger charge is 2.03. The number of anilines is 1. The Bertz CT molecular complexity index is 529. The Balaban J connectivity index is 2.08. The van der Waals surface area contributed by atoms with E-state index in [0.29, 0.717) is 11.3 Å².